The highest BCUT2D eigenvalue weighted by atomic mass is 16.5. The van der Waals surface area contributed by atoms with Crippen molar-refractivity contribution in [2.24, 2.45) is 0 Å². The maximum absolute atomic E-state index is 12.0. The maximum Gasteiger partial charge on any atom is 0.290 e. The Morgan fingerprint density at radius 3 is 3.19 bits per heavy atom. The molecular weight excluding hydrogens is 332 g/mol. The summed E-state index contributed by atoms with van der Waals surface area (Å²) in [5.74, 6) is 2.21. The second-order valence-corrected chi connectivity index (χ2v) is 6.52. The van der Waals surface area contributed by atoms with Crippen molar-refractivity contribution in [1.29, 1.82) is 0 Å². The highest BCUT2D eigenvalue weighted by Crippen LogP contribution is 2.24. The fraction of sp³-hybridized carbons (Fsp3) is 0.368. The van der Waals surface area contributed by atoms with E-state index < -0.39 is 0 Å². The third kappa shape index (κ3) is 3.43. The van der Waals surface area contributed by atoms with Crippen molar-refractivity contribution in [2.45, 2.75) is 25.4 Å². The van der Waals surface area contributed by atoms with Gasteiger partial charge in [0.25, 0.3) is 5.56 Å². The summed E-state index contributed by atoms with van der Waals surface area (Å²) in [4.78, 5) is 20.9. The van der Waals surface area contributed by atoms with Crippen LogP contribution in [0.2, 0.25) is 0 Å². The number of fused-ring (bicyclic) bond motifs is 1. The number of aromatic nitrogens is 2. The van der Waals surface area contributed by atoms with Crippen LogP contribution in [-0.4, -0.2) is 36.2 Å². The number of methoxy groups -OCH3 is 1. The summed E-state index contributed by atoms with van der Waals surface area (Å²) in [7, 11) is 1.66. The van der Waals surface area contributed by atoms with E-state index in [4.69, 9.17) is 9.15 Å². The van der Waals surface area contributed by atoms with Gasteiger partial charge in [-0.05, 0) is 37.1 Å². The summed E-state index contributed by atoms with van der Waals surface area (Å²) in [6, 6.07) is 8.11. The maximum atomic E-state index is 12.0. The Bertz CT molecular complexity index is 949. The Kier molecular flexibility index (Phi) is 4.62. The van der Waals surface area contributed by atoms with Crippen LogP contribution in [0.4, 0.5) is 5.82 Å². The number of piperidine rings is 1. The van der Waals surface area contributed by atoms with Gasteiger partial charge in [0, 0.05) is 36.9 Å². The lowest BCUT2D eigenvalue weighted by molar-refractivity contribution is 0.399. The second-order valence-electron chi connectivity index (χ2n) is 6.52. The first-order valence-corrected chi connectivity index (χ1v) is 8.81. The van der Waals surface area contributed by atoms with Crippen molar-refractivity contribution in [2.75, 3.05) is 25.1 Å². The normalized spacial score (nSPS) is 17.6. The lowest BCUT2D eigenvalue weighted by Gasteiger charge is -2.33. The van der Waals surface area contributed by atoms with Crippen LogP contribution in [0.1, 0.15) is 18.6 Å². The van der Waals surface area contributed by atoms with Gasteiger partial charge < -0.3 is 24.4 Å². The Morgan fingerprint density at radius 2 is 2.35 bits per heavy atom. The smallest absolute Gasteiger partial charge is 0.290 e. The van der Waals surface area contributed by atoms with Crippen molar-refractivity contribution in [3.63, 3.8) is 0 Å². The molecule has 2 N–H and O–H groups in total. The average molecular weight is 354 g/mol. The standard InChI is InChI=1S/C19H22N4O3/c1-25-15-4-5-17-13(9-15)10-16(26-17)11-22-14-3-2-8-23(12-14)18-19(24)21-7-6-20-18/h4-7,9-10,14,22H,2-3,8,11-12H2,1H3,(H,21,24)/t14-/m0/s1. The minimum Gasteiger partial charge on any atom is -0.497 e. The Morgan fingerprint density at radius 1 is 1.42 bits per heavy atom. The molecule has 2 aromatic heterocycles. The monoisotopic (exact) mass is 354 g/mol. The molecule has 0 spiro atoms. The second kappa shape index (κ2) is 7.21. The van der Waals surface area contributed by atoms with Crippen LogP contribution < -0.4 is 20.5 Å². The Balaban J connectivity index is 1.41. The molecule has 1 aromatic carbocycles. The van der Waals surface area contributed by atoms with E-state index in [9.17, 15) is 4.79 Å². The minimum absolute atomic E-state index is 0.139. The number of benzene rings is 1. The van der Waals surface area contributed by atoms with Gasteiger partial charge in [-0.3, -0.25) is 4.79 Å². The highest BCUT2D eigenvalue weighted by Gasteiger charge is 2.22. The fourth-order valence-corrected chi connectivity index (χ4v) is 3.44. The molecule has 0 radical (unpaired) electrons. The van der Waals surface area contributed by atoms with E-state index >= 15 is 0 Å². The third-order valence-corrected chi connectivity index (χ3v) is 4.75. The summed E-state index contributed by atoms with van der Waals surface area (Å²) >= 11 is 0. The summed E-state index contributed by atoms with van der Waals surface area (Å²) in [6.45, 7) is 2.25. The molecule has 3 aromatic rings. The highest BCUT2D eigenvalue weighted by molar-refractivity contribution is 5.79. The van der Waals surface area contributed by atoms with Crippen LogP contribution in [0.3, 0.4) is 0 Å². The largest absolute Gasteiger partial charge is 0.497 e. The topological polar surface area (TPSA) is 83.4 Å². The molecule has 3 heterocycles. The zero-order chi connectivity index (χ0) is 17.9. The quantitative estimate of drug-likeness (QED) is 0.731. The molecule has 1 aliphatic heterocycles. The van der Waals surface area contributed by atoms with Crippen LogP contribution in [0.5, 0.6) is 5.75 Å². The fourth-order valence-electron chi connectivity index (χ4n) is 3.44. The first kappa shape index (κ1) is 16.7. The van der Waals surface area contributed by atoms with Gasteiger partial charge in [0.05, 0.1) is 13.7 Å². The predicted molar refractivity (Wildman–Crippen MR) is 99.7 cm³/mol. The van der Waals surface area contributed by atoms with Gasteiger partial charge in [0.1, 0.15) is 17.1 Å². The predicted octanol–water partition coefficient (Wildman–Crippen LogP) is 2.28. The van der Waals surface area contributed by atoms with E-state index in [1.54, 1.807) is 19.5 Å². The number of ether oxygens (including phenoxy) is 1. The first-order chi connectivity index (χ1) is 12.7. The van der Waals surface area contributed by atoms with Crippen molar-refractivity contribution < 1.29 is 9.15 Å². The lowest BCUT2D eigenvalue weighted by Crippen LogP contribution is -2.47. The number of nitrogens with zero attached hydrogens (tertiary/aromatic N) is 2. The number of hydrogen-bond acceptors (Lipinski definition) is 6. The number of H-pyrrole nitrogens is 1. The van der Waals surface area contributed by atoms with E-state index in [1.807, 2.05) is 29.2 Å². The summed E-state index contributed by atoms with van der Waals surface area (Å²) in [6.07, 6.45) is 5.26. The zero-order valence-electron chi connectivity index (χ0n) is 14.7. The van der Waals surface area contributed by atoms with Crippen LogP contribution in [-0.2, 0) is 6.54 Å². The SMILES string of the molecule is COc1ccc2oc(CN[C@H]3CCCN(c4ncc[nH]c4=O)C3)cc2c1. The molecule has 1 fully saturated rings. The van der Waals surface area contributed by atoms with Gasteiger partial charge in [-0.1, -0.05) is 0 Å². The molecule has 1 atom stereocenters. The van der Waals surface area contributed by atoms with Crippen molar-refractivity contribution in [3.8, 4) is 5.75 Å². The van der Waals surface area contributed by atoms with Gasteiger partial charge in [-0.2, -0.15) is 0 Å². The van der Waals surface area contributed by atoms with Crippen molar-refractivity contribution in [3.05, 3.63) is 52.8 Å². The van der Waals surface area contributed by atoms with Gasteiger partial charge in [0.15, 0.2) is 5.82 Å². The third-order valence-electron chi connectivity index (χ3n) is 4.75. The van der Waals surface area contributed by atoms with Gasteiger partial charge in [-0.15, -0.1) is 0 Å². The van der Waals surface area contributed by atoms with Crippen molar-refractivity contribution >= 4 is 16.8 Å². The van der Waals surface area contributed by atoms with Crippen LogP contribution in [0.25, 0.3) is 11.0 Å². The number of anilines is 1. The average Bonchev–Trinajstić information content (AvgIpc) is 3.09. The molecular formula is C19H22N4O3. The van der Waals surface area contributed by atoms with Crippen LogP contribution >= 0.6 is 0 Å². The van der Waals surface area contributed by atoms with Crippen molar-refractivity contribution in [1.82, 2.24) is 15.3 Å². The molecule has 7 heteroatoms. The summed E-state index contributed by atoms with van der Waals surface area (Å²) in [5.41, 5.74) is 0.715. The number of furan rings is 1. The van der Waals surface area contributed by atoms with Crippen LogP contribution in [0.15, 0.2) is 45.9 Å². The summed E-state index contributed by atoms with van der Waals surface area (Å²) in [5, 5.41) is 4.57. The zero-order valence-corrected chi connectivity index (χ0v) is 14.7. The molecule has 26 heavy (non-hydrogen) atoms. The molecule has 1 saturated heterocycles. The van der Waals surface area contributed by atoms with Crippen LogP contribution in [0, 0.1) is 0 Å². The molecule has 136 valence electrons. The summed E-state index contributed by atoms with van der Waals surface area (Å²) < 4.78 is 11.1. The van der Waals surface area contributed by atoms with E-state index in [1.165, 1.54) is 0 Å². The number of aromatic amines is 1. The molecule has 7 nitrogen and oxygen atoms in total. The molecule has 0 amide bonds. The Hall–Kier alpha value is -2.80. The van der Waals surface area contributed by atoms with E-state index in [2.05, 4.69) is 15.3 Å². The minimum atomic E-state index is -0.139. The van der Waals surface area contributed by atoms with E-state index in [0.717, 1.165) is 48.4 Å². The van der Waals surface area contributed by atoms with Gasteiger partial charge >= 0.3 is 0 Å². The number of nitrogens with one attached hydrogen (secondary N) is 2. The van der Waals surface area contributed by atoms with E-state index in [-0.39, 0.29) is 11.6 Å². The van der Waals surface area contributed by atoms with Gasteiger partial charge in [0.2, 0.25) is 0 Å². The molecule has 1 aliphatic rings. The molecule has 0 aliphatic carbocycles. The molecule has 4 rings (SSSR count). The number of rotatable bonds is 5. The number of hydrogen-bond donors (Lipinski definition) is 2. The lowest BCUT2D eigenvalue weighted by atomic mass is 10.1. The van der Waals surface area contributed by atoms with E-state index in [0.29, 0.717) is 12.4 Å². The molecule has 0 saturated carbocycles. The first-order valence-electron chi connectivity index (χ1n) is 8.81. The molecule has 0 bridgehead atoms. The van der Waals surface area contributed by atoms with Gasteiger partial charge in [-0.25, -0.2) is 4.98 Å². The Labute approximate surface area is 151 Å². The molecule has 0 unspecified atom stereocenters.